The predicted octanol–water partition coefficient (Wildman–Crippen LogP) is 1.87. The number of nitrogens with zero attached hydrogens (tertiary/aromatic N) is 3. The number of imidazole rings is 1. The lowest BCUT2D eigenvalue weighted by Crippen LogP contribution is -2.31. The fourth-order valence-electron chi connectivity index (χ4n) is 2.22. The third-order valence-electron chi connectivity index (χ3n) is 3.22. The largest absolute Gasteiger partial charge is 0.460 e. The highest BCUT2D eigenvalue weighted by Crippen LogP contribution is 2.22. The van der Waals surface area contributed by atoms with Crippen LogP contribution in [-0.2, 0) is 14.8 Å². The molecule has 0 aromatic carbocycles. The lowest BCUT2D eigenvalue weighted by Gasteiger charge is -2.17. The lowest BCUT2D eigenvalue weighted by atomic mass is 10.4. The van der Waals surface area contributed by atoms with Crippen molar-refractivity contribution >= 4 is 21.5 Å². The number of carbonyl (C=O) groups excluding carboxylic acids is 1. The monoisotopic (exact) mass is 349 g/mol. The Balaban J connectivity index is 2.65. The molecule has 128 valence electrons. The van der Waals surface area contributed by atoms with E-state index in [1.807, 2.05) is 0 Å². The molecule has 2 rings (SSSR count). The molecule has 7 nitrogen and oxygen atoms in total. The van der Waals surface area contributed by atoms with E-state index >= 15 is 0 Å². The molecular weight excluding hydrogens is 330 g/mol. The van der Waals surface area contributed by atoms with Crippen LogP contribution in [0.2, 0.25) is 0 Å². The zero-order valence-corrected chi connectivity index (χ0v) is 14.2. The van der Waals surface area contributed by atoms with Crippen molar-refractivity contribution in [3.05, 3.63) is 55.5 Å². The minimum atomic E-state index is -3.93. The summed E-state index contributed by atoms with van der Waals surface area (Å²) in [5, 5.41) is -0.199. The van der Waals surface area contributed by atoms with Crippen LogP contribution in [0.1, 0.15) is 17.5 Å². The van der Waals surface area contributed by atoms with Gasteiger partial charge in [0.1, 0.15) is 0 Å². The molecule has 0 aliphatic heterocycles. The van der Waals surface area contributed by atoms with Crippen LogP contribution in [0.3, 0.4) is 0 Å². The number of hydrogen-bond donors (Lipinski definition) is 0. The summed E-state index contributed by atoms with van der Waals surface area (Å²) in [4.78, 5) is 16.1. The molecule has 24 heavy (non-hydrogen) atoms. The third-order valence-corrected chi connectivity index (χ3v) is 4.99. The van der Waals surface area contributed by atoms with Gasteiger partial charge in [-0.05, 0) is 19.1 Å². The molecule has 2 heterocycles. The summed E-state index contributed by atoms with van der Waals surface area (Å²) in [5.41, 5.74) is 0.304. The van der Waals surface area contributed by atoms with E-state index in [1.54, 1.807) is 31.3 Å². The Morgan fingerprint density at radius 1 is 1.33 bits per heavy atom. The first-order valence-electron chi connectivity index (χ1n) is 7.33. The van der Waals surface area contributed by atoms with Crippen molar-refractivity contribution in [3.63, 3.8) is 0 Å². The van der Waals surface area contributed by atoms with Crippen LogP contribution in [0.5, 0.6) is 0 Å². The number of ether oxygens (including phenoxy) is 1. The van der Waals surface area contributed by atoms with Gasteiger partial charge >= 0.3 is 5.97 Å². The second kappa shape index (κ2) is 7.41. The maximum Gasteiger partial charge on any atom is 0.374 e. The Bertz CT molecular complexity index is 861. The first-order chi connectivity index (χ1) is 11.5. The maximum absolute atomic E-state index is 12.9. The quantitative estimate of drug-likeness (QED) is 0.537. The molecule has 0 fully saturated rings. The van der Waals surface area contributed by atoms with Gasteiger partial charge in [-0.3, -0.25) is 4.40 Å². The fraction of sp³-hybridized carbons (Fsp3) is 0.250. The summed E-state index contributed by atoms with van der Waals surface area (Å²) in [5.74, 6) is -0.762. The van der Waals surface area contributed by atoms with Crippen LogP contribution in [0.15, 0.2) is 54.7 Å². The van der Waals surface area contributed by atoms with Crippen molar-refractivity contribution in [1.82, 2.24) is 13.7 Å². The second-order valence-electron chi connectivity index (χ2n) is 4.82. The number of rotatable bonds is 8. The summed E-state index contributed by atoms with van der Waals surface area (Å²) < 4.78 is 33.4. The van der Waals surface area contributed by atoms with Gasteiger partial charge in [0.2, 0.25) is 5.82 Å². The lowest BCUT2D eigenvalue weighted by molar-refractivity contribution is 0.0511. The zero-order valence-electron chi connectivity index (χ0n) is 13.4. The van der Waals surface area contributed by atoms with Crippen LogP contribution in [-0.4, -0.2) is 47.8 Å². The smallest absolute Gasteiger partial charge is 0.374 e. The molecule has 0 atom stereocenters. The van der Waals surface area contributed by atoms with Crippen molar-refractivity contribution < 1.29 is 17.9 Å². The molecule has 2 aromatic rings. The summed E-state index contributed by atoms with van der Waals surface area (Å²) in [7, 11) is -3.93. The number of carbonyl (C=O) groups is 1. The van der Waals surface area contributed by atoms with Gasteiger partial charge in [-0.1, -0.05) is 18.2 Å². The van der Waals surface area contributed by atoms with Crippen LogP contribution in [0, 0.1) is 0 Å². The second-order valence-corrected chi connectivity index (χ2v) is 6.67. The molecule has 0 N–H and O–H groups in total. The van der Waals surface area contributed by atoms with Crippen molar-refractivity contribution in [2.24, 2.45) is 0 Å². The Kier molecular flexibility index (Phi) is 5.53. The van der Waals surface area contributed by atoms with Gasteiger partial charge < -0.3 is 4.74 Å². The minimum Gasteiger partial charge on any atom is -0.460 e. The van der Waals surface area contributed by atoms with Crippen molar-refractivity contribution in [2.45, 2.75) is 11.9 Å². The first kappa shape index (κ1) is 17.9. The first-order valence-corrected chi connectivity index (χ1v) is 8.77. The van der Waals surface area contributed by atoms with E-state index in [0.717, 1.165) is 0 Å². The third kappa shape index (κ3) is 3.24. The highest BCUT2D eigenvalue weighted by Gasteiger charge is 2.30. The van der Waals surface area contributed by atoms with Crippen molar-refractivity contribution in [2.75, 3.05) is 19.7 Å². The SMILES string of the molecule is C=CCN(CC=C)S(=O)(=O)c1nc(C(=O)OCC)n2ccccc12. The topological polar surface area (TPSA) is 81.0 Å². The van der Waals surface area contributed by atoms with Crippen LogP contribution in [0.4, 0.5) is 0 Å². The van der Waals surface area contributed by atoms with E-state index in [0.29, 0.717) is 5.52 Å². The summed E-state index contributed by atoms with van der Waals surface area (Å²) >= 11 is 0. The fourth-order valence-corrected chi connectivity index (χ4v) is 3.70. The van der Waals surface area contributed by atoms with E-state index in [-0.39, 0.29) is 30.5 Å². The van der Waals surface area contributed by atoms with E-state index in [9.17, 15) is 13.2 Å². The zero-order chi connectivity index (χ0) is 17.7. The molecule has 0 amide bonds. The molecular formula is C16H19N3O4S. The number of sulfonamides is 1. The van der Waals surface area contributed by atoms with Gasteiger partial charge in [0, 0.05) is 19.3 Å². The number of pyridine rings is 1. The van der Waals surface area contributed by atoms with E-state index in [1.165, 1.54) is 20.9 Å². The predicted molar refractivity (Wildman–Crippen MR) is 90.3 cm³/mol. The maximum atomic E-state index is 12.9. The normalized spacial score (nSPS) is 11.6. The van der Waals surface area contributed by atoms with Gasteiger partial charge in [0.05, 0.1) is 12.1 Å². The molecule has 0 saturated heterocycles. The average Bonchev–Trinajstić information content (AvgIpc) is 2.95. The summed E-state index contributed by atoms with van der Waals surface area (Å²) in [6.45, 7) is 9.19. The van der Waals surface area contributed by atoms with E-state index in [4.69, 9.17) is 4.74 Å². The van der Waals surface area contributed by atoms with Crippen molar-refractivity contribution in [3.8, 4) is 0 Å². The molecule has 0 bridgehead atoms. The summed E-state index contributed by atoms with van der Waals surface area (Å²) in [6, 6.07) is 4.94. The highest BCUT2D eigenvalue weighted by molar-refractivity contribution is 7.89. The molecule has 2 aromatic heterocycles. The van der Waals surface area contributed by atoms with Crippen molar-refractivity contribution in [1.29, 1.82) is 0 Å². The highest BCUT2D eigenvalue weighted by atomic mass is 32.2. The van der Waals surface area contributed by atoms with Crippen LogP contribution < -0.4 is 0 Å². The minimum absolute atomic E-state index is 0.0804. The summed E-state index contributed by atoms with van der Waals surface area (Å²) in [6.07, 6.45) is 4.52. The van der Waals surface area contributed by atoms with Gasteiger partial charge in [0.25, 0.3) is 10.0 Å². The molecule has 0 radical (unpaired) electrons. The Hall–Kier alpha value is -2.45. The van der Waals surface area contributed by atoms with E-state index in [2.05, 4.69) is 18.1 Å². The Morgan fingerprint density at radius 2 is 2.00 bits per heavy atom. The number of esters is 1. The number of aromatic nitrogens is 2. The standard InChI is InChI=1S/C16H19N3O4S/c1-4-10-18(11-5-2)24(21,22)15-13-9-7-8-12-19(13)14(17-15)16(20)23-6-3/h4-5,7-9,12H,1-2,6,10-11H2,3H3. The molecule has 0 saturated carbocycles. The number of fused-ring (bicyclic) bond motifs is 1. The van der Waals surface area contributed by atoms with Gasteiger partial charge in [0.15, 0.2) is 5.03 Å². The molecule has 0 aliphatic rings. The van der Waals surface area contributed by atoms with E-state index < -0.39 is 16.0 Å². The Morgan fingerprint density at radius 3 is 2.58 bits per heavy atom. The average molecular weight is 349 g/mol. The van der Waals surface area contributed by atoms with Gasteiger partial charge in [-0.2, -0.15) is 4.31 Å². The molecule has 0 unspecified atom stereocenters. The Labute approximate surface area is 140 Å². The molecule has 0 aliphatic carbocycles. The van der Waals surface area contributed by atoms with Gasteiger partial charge in [-0.15, -0.1) is 13.2 Å². The van der Waals surface area contributed by atoms with Gasteiger partial charge in [-0.25, -0.2) is 18.2 Å². The van der Waals surface area contributed by atoms with Crippen LogP contribution >= 0.6 is 0 Å². The molecule has 0 spiro atoms. The van der Waals surface area contributed by atoms with Crippen LogP contribution in [0.25, 0.3) is 5.52 Å². The number of hydrogen-bond acceptors (Lipinski definition) is 5. The molecule has 8 heteroatoms.